The molecular formula is C8H10ClNO4. The molecule has 0 radical (unpaired) electrons. The zero-order valence-electron chi connectivity index (χ0n) is 7.31. The van der Waals surface area contributed by atoms with Crippen LogP contribution in [0.1, 0.15) is 5.56 Å². The molecule has 0 fully saturated rings. The van der Waals surface area contributed by atoms with Gasteiger partial charge in [-0.15, -0.1) is 10.2 Å². The average molecular weight is 220 g/mol. The van der Waals surface area contributed by atoms with Crippen LogP contribution < -0.4 is 24.4 Å². The molecule has 1 rings (SSSR count). The van der Waals surface area contributed by atoms with E-state index in [-0.39, 0.29) is 0 Å². The summed E-state index contributed by atoms with van der Waals surface area (Å²) in [6.07, 6.45) is 1.82. The van der Waals surface area contributed by atoms with Crippen LogP contribution in [0, 0.1) is 10.2 Å². The third-order valence-electron chi connectivity index (χ3n) is 1.22. The van der Waals surface area contributed by atoms with Crippen molar-refractivity contribution in [3.63, 3.8) is 0 Å². The Morgan fingerprint density at radius 2 is 1.43 bits per heavy atom. The zero-order chi connectivity index (χ0) is 11.2. The first kappa shape index (κ1) is 13.1. The van der Waals surface area contributed by atoms with Crippen LogP contribution in [0.5, 0.6) is 0 Å². The van der Waals surface area contributed by atoms with E-state index < -0.39 is 10.2 Å². The lowest BCUT2D eigenvalue weighted by Crippen LogP contribution is -2.68. The molecule has 0 aliphatic heterocycles. The average Bonchev–Trinajstić information content (AvgIpc) is 2.03. The first-order chi connectivity index (χ1) is 6.33. The van der Waals surface area contributed by atoms with E-state index in [0.717, 1.165) is 11.3 Å². The van der Waals surface area contributed by atoms with Crippen LogP contribution in [-0.2, 0) is 0 Å². The summed E-state index contributed by atoms with van der Waals surface area (Å²) in [6.45, 7) is 3.64. The van der Waals surface area contributed by atoms with Crippen LogP contribution in [0.3, 0.4) is 0 Å². The molecule has 0 aromatic heterocycles. The van der Waals surface area contributed by atoms with E-state index in [1.54, 1.807) is 0 Å². The van der Waals surface area contributed by atoms with Crippen molar-refractivity contribution in [2.75, 3.05) is 0 Å². The van der Waals surface area contributed by atoms with Gasteiger partial charge in [0.05, 0.1) is 0 Å². The number of hydrogen-bond acceptors (Lipinski definition) is 4. The minimum Gasteiger partial charge on any atom is -0.325 e. The largest absolute Gasteiger partial charge is 0.325 e. The Morgan fingerprint density at radius 3 is 1.71 bits per heavy atom. The normalized spacial score (nSPS) is 10.1. The number of rotatable bonds is 1. The minimum atomic E-state index is -4.94. The van der Waals surface area contributed by atoms with Crippen molar-refractivity contribution in [1.82, 2.24) is 0 Å². The van der Waals surface area contributed by atoms with Gasteiger partial charge in [-0.2, -0.15) is 0 Å². The topological polar surface area (TPSA) is 120 Å². The molecule has 0 saturated carbocycles. The SMILES string of the molecule is C=Cc1ccc([NH3+])cc1.[O-][Cl+3]([O-])([O-])[O-]. The molecule has 0 aliphatic carbocycles. The van der Waals surface area contributed by atoms with Gasteiger partial charge in [-0.1, -0.05) is 12.7 Å². The maximum Gasteiger partial charge on any atom is 0.127 e. The number of quaternary nitrogens is 1. The van der Waals surface area contributed by atoms with Crippen LogP contribution in [0.4, 0.5) is 5.69 Å². The van der Waals surface area contributed by atoms with Gasteiger partial charge >= 0.3 is 0 Å². The molecule has 78 valence electrons. The van der Waals surface area contributed by atoms with Gasteiger partial charge in [0.25, 0.3) is 0 Å². The van der Waals surface area contributed by atoms with E-state index in [2.05, 4.69) is 12.3 Å². The number of benzene rings is 1. The molecule has 0 spiro atoms. The second kappa shape index (κ2) is 5.71. The van der Waals surface area contributed by atoms with Crippen molar-refractivity contribution in [3.8, 4) is 0 Å². The second-order valence-corrected chi connectivity index (χ2v) is 3.08. The fourth-order valence-electron chi connectivity index (χ4n) is 0.654. The summed E-state index contributed by atoms with van der Waals surface area (Å²) >= 11 is 0. The second-order valence-electron chi connectivity index (χ2n) is 2.32. The Kier molecular flexibility index (Phi) is 5.32. The lowest BCUT2D eigenvalue weighted by Gasteiger charge is -2.17. The van der Waals surface area contributed by atoms with E-state index >= 15 is 0 Å². The maximum absolute atomic E-state index is 8.49. The van der Waals surface area contributed by atoms with Gasteiger partial charge in [0.2, 0.25) is 0 Å². The molecule has 0 aliphatic rings. The molecule has 1 aromatic carbocycles. The molecule has 3 N–H and O–H groups in total. The highest BCUT2D eigenvalue weighted by Gasteiger charge is 1.85. The summed E-state index contributed by atoms with van der Waals surface area (Å²) in [5.74, 6) is 0. The third kappa shape index (κ3) is 9.14. The number of hydrogen-bond donors (Lipinski definition) is 1. The van der Waals surface area contributed by atoms with Crippen LogP contribution in [0.25, 0.3) is 6.08 Å². The predicted octanol–water partition coefficient (Wildman–Crippen LogP) is -3.55. The summed E-state index contributed by atoms with van der Waals surface area (Å²) in [5, 5.41) is 0. The Bertz CT molecular complexity index is 274. The van der Waals surface area contributed by atoms with Crippen molar-refractivity contribution in [3.05, 3.63) is 36.4 Å². The van der Waals surface area contributed by atoms with Crippen molar-refractivity contribution >= 4 is 11.8 Å². The van der Waals surface area contributed by atoms with Gasteiger partial charge in [-0.05, 0) is 29.8 Å². The van der Waals surface area contributed by atoms with E-state index in [4.69, 9.17) is 18.6 Å². The fraction of sp³-hybridized carbons (Fsp3) is 0. The van der Waals surface area contributed by atoms with Gasteiger partial charge in [0, 0.05) is 0 Å². The Balaban J connectivity index is 0.000000292. The molecule has 14 heavy (non-hydrogen) atoms. The summed E-state index contributed by atoms with van der Waals surface area (Å²) in [5.41, 5.74) is 5.94. The monoisotopic (exact) mass is 219 g/mol. The van der Waals surface area contributed by atoms with Gasteiger partial charge < -0.3 is 5.73 Å². The van der Waals surface area contributed by atoms with E-state index in [0.29, 0.717) is 0 Å². The summed E-state index contributed by atoms with van der Waals surface area (Å²) in [6, 6.07) is 7.93. The molecule has 5 nitrogen and oxygen atoms in total. The van der Waals surface area contributed by atoms with Crippen LogP contribution in [0.15, 0.2) is 30.8 Å². The van der Waals surface area contributed by atoms with Crippen molar-refractivity contribution in [1.29, 1.82) is 0 Å². The first-order valence-corrected chi connectivity index (χ1v) is 4.72. The molecule has 0 bridgehead atoms. The standard InChI is InChI=1S/C8H9N.ClHO4/c1-2-7-3-5-8(9)6-4-7;2-1(3,4)5/h2-6H,1,9H2;(H,2,3,4,5). The van der Waals surface area contributed by atoms with E-state index in [1.807, 2.05) is 30.3 Å². The Hall–Kier alpha value is -0.950. The highest BCUT2D eigenvalue weighted by Crippen LogP contribution is 2.03. The van der Waals surface area contributed by atoms with Crippen molar-refractivity contribution in [2.24, 2.45) is 0 Å². The Labute approximate surface area is 83.5 Å². The van der Waals surface area contributed by atoms with Crippen LogP contribution in [0.2, 0.25) is 0 Å². The molecule has 0 saturated heterocycles. The van der Waals surface area contributed by atoms with Crippen molar-refractivity contribution in [2.45, 2.75) is 0 Å². The molecule has 6 heteroatoms. The highest BCUT2D eigenvalue weighted by atomic mass is 35.7. The van der Waals surface area contributed by atoms with Gasteiger partial charge in [-0.25, -0.2) is 18.6 Å². The quantitative estimate of drug-likeness (QED) is 0.526. The molecule has 0 amide bonds. The molecule has 0 heterocycles. The highest BCUT2D eigenvalue weighted by molar-refractivity contribution is 5.49. The van der Waals surface area contributed by atoms with Gasteiger partial charge in [0.1, 0.15) is 5.69 Å². The van der Waals surface area contributed by atoms with Crippen LogP contribution in [-0.4, -0.2) is 0 Å². The van der Waals surface area contributed by atoms with Gasteiger partial charge in [0.15, 0.2) is 0 Å². The predicted molar refractivity (Wildman–Crippen MR) is 39.1 cm³/mol. The van der Waals surface area contributed by atoms with Gasteiger partial charge in [-0.3, -0.25) is 0 Å². The fourth-order valence-corrected chi connectivity index (χ4v) is 0.654. The Morgan fingerprint density at radius 1 is 1.07 bits per heavy atom. The minimum absolute atomic E-state index is 1.04. The third-order valence-corrected chi connectivity index (χ3v) is 1.22. The van der Waals surface area contributed by atoms with Crippen molar-refractivity contribution < 1.29 is 34.6 Å². The number of halogens is 1. The molecule has 0 unspecified atom stereocenters. The molecule has 1 aromatic rings. The maximum atomic E-state index is 8.49. The summed E-state index contributed by atoms with van der Waals surface area (Å²) in [4.78, 5) is 0. The first-order valence-electron chi connectivity index (χ1n) is 3.49. The van der Waals surface area contributed by atoms with Crippen LogP contribution >= 0.6 is 0 Å². The van der Waals surface area contributed by atoms with E-state index in [1.165, 1.54) is 0 Å². The smallest absolute Gasteiger partial charge is 0.127 e. The zero-order valence-corrected chi connectivity index (χ0v) is 8.07. The molecular weight excluding hydrogens is 210 g/mol. The lowest BCUT2D eigenvalue weighted by molar-refractivity contribution is -2.00. The van der Waals surface area contributed by atoms with E-state index in [9.17, 15) is 0 Å². The molecule has 0 atom stereocenters. The lowest BCUT2D eigenvalue weighted by atomic mass is 10.2. The summed E-state index contributed by atoms with van der Waals surface area (Å²) < 4.78 is 34.0. The summed E-state index contributed by atoms with van der Waals surface area (Å²) in [7, 11) is -4.94.